The van der Waals surface area contributed by atoms with Crippen LogP contribution in [0.3, 0.4) is 0 Å². The van der Waals surface area contributed by atoms with Gasteiger partial charge in [0.15, 0.2) is 0 Å². The van der Waals surface area contributed by atoms with E-state index < -0.39 is 0 Å². The van der Waals surface area contributed by atoms with Crippen molar-refractivity contribution >= 4 is 11.6 Å². The molecule has 20 heavy (non-hydrogen) atoms. The molecule has 0 saturated carbocycles. The minimum Gasteiger partial charge on any atom is -0.494 e. The fourth-order valence-electron chi connectivity index (χ4n) is 2.36. The van der Waals surface area contributed by atoms with E-state index in [1.54, 1.807) is 0 Å². The molecule has 4 heteroatoms. The SMILES string of the molecule is CCCOc1ccc(C(Cl)CN2CCN(C)CC2)cc1. The summed E-state index contributed by atoms with van der Waals surface area (Å²) in [6.45, 7) is 8.28. The summed E-state index contributed by atoms with van der Waals surface area (Å²) in [6.07, 6.45) is 1.03. The molecular weight excluding hydrogens is 272 g/mol. The molecule has 3 nitrogen and oxygen atoms in total. The van der Waals surface area contributed by atoms with Crippen molar-refractivity contribution in [3.05, 3.63) is 29.8 Å². The van der Waals surface area contributed by atoms with Crippen LogP contribution < -0.4 is 4.74 Å². The van der Waals surface area contributed by atoms with Gasteiger partial charge in [0.1, 0.15) is 5.75 Å². The Balaban J connectivity index is 1.84. The van der Waals surface area contributed by atoms with Gasteiger partial charge in [-0.1, -0.05) is 19.1 Å². The number of likely N-dealkylation sites (N-methyl/N-ethyl adjacent to an activating group) is 1. The highest BCUT2D eigenvalue weighted by molar-refractivity contribution is 6.21. The maximum absolute atomic E-state index is 6.54. The van der Waals surface area contributed by atoms with E-state index in [2.05, 4.69) is 35.9 Å². The number of piperazine rings is 1. The molecule has 1 heterocycles. The quantitative estimate of drug-likeness (QED) is 0.751. The van der Waals surface area contributed by atoms with Crippen LogP contribution in [-0.2, 0) is 0 Å². The second-order valence-corrected chi connectivity index (χ2v) is 6.02. The van der Waals surface area contributed by atoms with Crippen LogP contribution in [0.1, 0.15) is 24.3 Å². The van der Waals surface area contributed by atoms with Gasteiger partial charge in [0.25, 0.3) is 0 Å². The fourth-order valence-corrected chi connectivity index (χ4v) is 2.70. The van der Waals surface area contributed by atoms with Crippen LogP contribution in [0, 0.1) is 0 Å². The van der Waals surface area contributed by atoms with Gasteiger partial charge in [0.05, 0.1) is 12.0 Å². The normalized spacial score (nSPS) is 18.9. The summed E-state index contributed by atoms with van der Waals surface area (Å²) in [7, 11) is 2.17. The lowest BCUT2D eigenvalue weighted by Gasteiger charge is -2.33. The highest BCUT2D eigenvalue weighted by Gasteiger charge is 2.18. The monoisotopic (exact) mass is 296 g/mol. The van der Waals surface area contributed by atoms with Crippen molar-refractivity contribution in [1.82, 2.24) is 9.80 Å². The molecule has 0 radical (unpaired) electrons. The molecule has 0 amide bonds. The predicted octanol–water partition coefficient (Wildman–Crippen LogP) is 3.00. The first-order chi connectivity index (χ1) is 9.69. The lowest BCUT2D eigenvalue weighted by molar-refractivity contribution is 0.154. The molecule has 1 unspecified atom stereocenters. The summed E-state index contributed by atoms with van der Waals surface area (Å²) in [5.41, 5.74) is 1.18. The molecule has 1 aromatic rings. The lowest BCUT2D eigenvalue weighted by atomic mass is 10.1. The van der Waals surface area contributed by atoms with Crippen molar-refractivity contribution in [1.29, 1.82) is 0 Å². The summed E-state index contributed by atoms with van der Waals surface area (Å²) in [5, 5.41) is 0.0543. The molecule has 112 valence electrons. The van der Waals surface area contributed by atoms with Crippen LogP contribution in [0.5, 0.6) is 5.75 Å². The highest BCUT2D eigenvalue weighted by Crippen LogP contribution is 2.24. The zero-order valence-electron chi connectivity index (χ0n) is 12.5. The first kappa shape index (κ1) is 15.6. The van der Waals surface area contributed by atoms with E-state index in [9.17, 15) is 0 Å². The fraction of sp³-hybridized carbons (Fsp3) is 0.625. The molecule has 0 N–H and O–H groups in total. The standard InChI is InChI=1S/C16H25ClN2O/c1-3-12-20-15-6-4-14(5-7-15)16(17)13-19-10-8-18(2)9-11-19/h4-7,16H,3,8-13H2,1-2H3. The predicted molar refractivity (Wildman–Crippen MR) is 84.8 cm³/mol. The van der Waals surface area contributed by atoms with Gasteiger partial charge in [-0.2, -0.15) is 0 Å². The molecular formula is C16H25ClN2O. The third kappa shape index (κ3) is 4.65. The maximum atomic E-state index is 6.54. The van der Waals surface area contributed by atoms with Gasteiger partial charge in [-0.05, 0) is 31.2 Å². The first-order valence-corrected chi connectivity index (χ1v) is 7.90. The van der Waals surface area contributed by atoms with Gasteiger partial charge >= 0.3 is 0 Å². The second kappa shape index (κ2) is 7.87. The molecule has 0 aliphatic carbocycles. The minimum absolute atomic E-state index is 0.0543. The molecule has 0 aromatic heterocycles. The van der Waals surface area contributed by atoms with Gasteiger partial charge < -0.3 is 9.64 Å². The van der Waals surface area contributed by atoms with Gasteiger partial charge in [-0.25, -0.2) is 0 Å². The topological polar surface area (TPSA) is 15.7 Å². The highest BCUT2D eigenvalue weighted by atomic mass is 35.5. The molecule has 1 aromatic carbocycles. The van der Waals surface area contributed by atoms with Crippen molar-refractivity contribution in [2.24, 2.45) is 0 Å². The third-order valence-electron chi connectivity index (χ3n) is 3.73. The summed E-state index contributed by atoms with van der Waals surface area (Å²) >= 11 is 6.54. The Morgan fingerprint density at radius 2 is 1.80 bits per heavy atom. The number of nitrogens with zero attached hydrogens (tertiary/aromatic N) is 2. The number of halogens is 1. The number of rotatable bonds is 6. The summed E-state index contributed by atoms with van der Waals surface area (Å²) in [6, 6.07) is 8.20. The number of benzene rings is 1. The number of alkyl halides is 1. The van der Waals surface area contributed by atoms with Crippen LogP contribution in [0.2, 0.25) is 0 Å². The zero-order valence-corrected chi connectivity index (χ0v) is 13.3. The Hall–Kier alpha value is -0.770. The lowest BCUT2D eigenvalue weighted by Crippen LogP contribution is -2.45. The maximum Gasteiger partial charge on any atom is 0.119 e. The van der Waals surface area contributed by atoms with Gasteiger partial charge in [-0.3, -0.25) is 4.90 Å². The Morgan fingerprint density at radius 3 is 2.40 bits per heavy atom. The Bertz CT molecular complexity index is 388. The smallest absolute Gasteiger partial charge is 0.119 e. The zero-order chi connectivity index (χ0) is 14.4. The average Bonchev–Trinajstić information content (AvgIpc) is 2.48. The average molecular weight is 297 g/mol. The van der Waals surface area contributed by atoms with E-state index in [1.807, 2.05) is 12.1 Å². The molecule has 1 aliphatic rings. The Labute approximate surface area is 127 Å². The van der Waals surface area contributed by atoms with E-state index in [-0.39, 0.29) is 5.38 Å². The molecule has 0 bridgehead atoms. The van der Waals surface area contributed by atoms with E-state index >= 15 is 0 Å². The summed E-state index contributed by atoms with van der Waals surface area (Å²) in [5.74, 6) is 0.930. The van der Waals surface area contributed by atoms with E-state index in [1.165, 1.54) is 5.56 Å². The molecule has 2 rings (SSSR count). The Morgan fingerprint density at radius 1 is 1.15 bits per heavy atom. The number of hydrogen-bond acceptors (Lipinski definition) is 3. The van der Waals surface area contributed by atoms with E-state index in [0.717, 1.165) is 51.5 Å². The van der Waals surface area contributed by atoms with Gasteiger partial charge in [-0.15, -0.1) is 11.6 Å². The Kier molecular flexibility index (Phi) is 6.14. The molecule has 1 aliphatic heterocycles. The van der Waals surface area contributed by atoms with Crippen molar-refractivity contribution in [2.45, 2.75) is 18.7 Å². The largest absolute Gasteiger partial charge is 0.494 e. The van der Waals surface area contributed by atoms with Gasteiger partial charge in [0.2, 0.25) is 0 Å². The number of hydrogen-bond donors (Lipinski definition) is 0. The third-order valence-corrected chi connectivity index (χ3v) is 4.12. The van der Waals surface area contributed by atoms with Crippen LogP contribution >= 0.6 is 11.6 Å². The summed E-state index contributed by atoms with van der Waals surface area (Å²) in [4.78, 5) is 4.80. The molecule has 1 saturated heterocycles. The minimum atomic E-state index is 0.0543. The molecule has 1 fully saturated rings. The van der Waals surface area contributed by atoms with Crippen molar-refractivity contribution in [3.63, 3.8) is 0 Å². The van der Waals surface area contributed by atoms with Crippen molar-refractivity contribution in [3.8, 4) is 5.75 Å². The number of ether oxygens (including phenoxy) is 1. The van der Waals surface area contributed by atoms with Crippen LogP contribution in [0.4, 0.5) is 0 Å². The molecule has 1 atom stereocenters. The summed E-state index contributed by atoms with van der Waals surface area (Å²) < 4.78 is 5.59. The second-order valence-electron chi connectivity index (χ2n) is 5.49. The van der Waals surface area contributed by atoms with Gasteiger partial charge in [0, 0.05) is 32.7 Å². The van der Waals surface area contributed by atoms with Crippen molar-refractivity contribution < 1.29 is 4.74 Å². The first-order valence-electron chi connectivity index (χ1n) is 7.46. The van der Waals surface area contributed by atoms with Crippen LogP contribution in [-0.4, -0.2) is 56.2 Å². The van der Waals surface area contributed by atoms with E-state index in [4.69, 9.17) is 16.3 Å². The van der Waals surface area contributed by atoms with Crippen molar-refractivity contribution in [2.75, 3.05) is 46.4 Å². The van der Waals surface area contributed by atoms with Crippen LogP contribution in [0.25, 0.3) is 0 Å². The van der Waals surface area contributed by atoms with E-state index in [0.29, 0.717) is 0 Å². The molecule has 0 spiro atoms. The van der Waals surface area contributed by atoms with Crippen LogP contribution in [0.15, 0.2) is 24.3 Å².